The van der Waals surface area contributed by atoms with E-state index in [9.17, 15) is 0 Å². The molecule has 0 saturated carbocycles. The van der Waals surface area contributed by atoms with Crippen molar-refractivity contribution >= 4 is 65.6 Å². The molecule has 6 nitrogen and oxygen atoms in total. The van der Waals surface area contributed by atoms with Crippen LogP contribution in [-0.2, 0) is 0 Å². The van der Waals surface area contributed by atoms with Crippen LogP contribution >= 0.6 is 0 Å². The molecule has 0 bridgehead atoms. The number of nitrogens with zero attached hydrogens (tertiary/aromatic N) is 5. The van der Waals surface area contributed by atoms with E-state index in [1.165, 1.54) is 54.8 Å². The molecule has 0 spiro atoms. The van der Waals surface area contributed by atoms with Crippen LogP contribution in [0.1, 0.15) is 5.56 Å². The van der Waals surface area contributed by atoms with Crippen LogP contribution in [0.4, 0.5) is 0 Å². The van der Waals surface area contributed by atoms with E-state index in [2.05, 4.69) is 253 Å². The normalized spacial score (nSPS) is 11.7. The maximum atomic E-state index is 6.75. The van der Waals surface area contributed by atoms with Gasteiger partial charge in [0.1, 0.15) is 11.2 Å². The first-order valence-corrected chi connectivity index (χ1v) is 29.9. The molecule has 0 unspecified atom stereocenters. The Morgan fingerprint density at radius 2 is 0.670 bits per heavy atom. The number of hydrogen-bond donors (Lipinski definition) is 0. The maximum Gasteiger partial charge on any atom is 0.164 e. The molecule has 0 fully saturated rings. The van der Waals surface area contributed by atoms with Gasteiger partial charge in [0.15, 0.2) is 17.5 Å². The van der Waals surface area contributed by atoms with Crippen LogP contribution in [-0.4, -0.2) is 24.1 Å². The zero-order valence-corrected chi connectivity index (χ0v) is 48.0. The third-order valence-electron chi connectivity index (χ3n) is 17.4. The van der Waals surface area contributed by atoms with Crippen LogP contribution in [0, 0.1) is 6.92 Å². The van der Waals surface area contributed by atoms with E-state index in [0.29, 0.717) is 17.5 Å². The number of furan rings is 1. The molecular formula is C82H53N5O. The molecule has 0 aliphatic heterocycles. The molecule has 6 heteroatoms. The summed E-state index contributed by atoms with van der Waals surface area (Å²) in [6, 6.07) is 109. The van der Waals surface area contributed by atoms with E-state index in [0.717, 1.165) is 100 Å². The van der Waals surface area contributed by atoms with Crippen LogP contribution in [0.15, 0.2) is 308 Å². The fourth-order valence-corrected chi connectivity index (χ4v) is 13.1. The maximum absolute atomic E-state index is 6.75. The van der Waals surface area contributed by atoms with Gasteiger partial charge in [-0.15, -0.1) is 0 Å². The van der Waals surface area contributed by atoms with E-state index < -0.39 is 0 Å². The van der Waals surface area contributed by atoms with Crippen molar-refractivity contribution in [3.05, 3.63) is 309 Å². The summed E-state index contributed by atoms with van der Waals surface area (Å²) >= 11 is 0. The third-order valence-corrected chi connectivity index (χ3v) is 17.4. The van der Waals surface area contributed by atoms with Gasteiger partial charge >= 0.3 is 0 Å². The Kier molecular flexibility index (Phi) is 12.0. The highest BCUT2D eigenvalue weighted by Crippen LogP contribution is 2.43. The van der Waals surface area contributed by atoms with Gasteiger partial charge in [-0.1, -0.05) is 212 Å². The predicted molar refractivity (Wildman–Crippen MR) is 364 cm³/mol. The van der Waals surface area contributed by atoms with Gasteiger partial charge in [0.2, 0.25) is 0 Å². The van der Waals surface area contributed by atoms with E-state index in [1.54, 1.807) is 0 Å². The summed E-state index contributed by atoms with van der Waals surface area (Å²) in [6.45, 7) is 2.18. The number of fused-ring (bicyclic) bond motifs is 9. The molecule has 0 aliphatic rings. The standard InChI is InChI=1S/C82H53N5O/c1-52-34-41-75-70(44-52)72-49-62(40-43-77(72)86(75)65-27-9-4-10-28-65)61-39-42-76-71(48-61)67-30-11-13-32-74(67)87(76)66-29-17-25-60(47-66)58-23-15-24-59(45-58)64-50-69(79-73(51-64)68-31-12-14-33-78(68)88-79)54-37-35-53(36-38-54)57-22-16-26-63(46-57)82-84-80(55-18-5-2-6-19-55)83-81(85-82)56-20-7-3-8-21-56/h2-51H,1H3. The highest BCUT2D eigenvalue weighted by molar-refractivity contribution is 6.14. The van der Waals surface area contributed by atoms with Gasteiger partial charge in [-0.3, -0.25) is 0 Å². The molecule has 17 aromatic rings. The molecular weight excluding hydrogens is 1070 g/mol. The summed E-state index contributed by atoms with van der Waals surface area (Å²) in [5.41, 5.74) is 23.9. The zero-order chi connectivity index (χ0) is 58.2. The number of aryl methyl sites for hydroxylation is 1. The van der Waals surface area contributed by atoms with Crippen LogP contribution in [0.2, 0.25) is 0 Å². The molecule has 88 heavy (non-hydrogen) atoms. The highest BCUT2D eigenvalue weighted by Gasteiger charge is 2.20. The van der Waals surface area contributed by atoms with Crippen molar-refractivity contribution in [3.63, 3.8) is 0 Å². The number of aromatic nitrogens is 5. The molecule has 0 aliphatic carbocycles. The SMILES string of the molecule is Cc1ccc2c(c1)c1cc(-c3ccc4c(c3)c3ccccc3n4-c3cccc(-c4cccc(-c5cc(-c6ccc(-c7cccc(-c8nc(-c9ccccc9)nc(-c9ccccc9)n8)c7)cc6)c6oc7ccccc7c6c5)c4)c3)ccc1n2-c1ccccc1. The third kappa shape index (κ3) is 8.77. The lowest BCUT2D eigenvalue weighted by molar-refractivity contribution is 0.670. The van der Waals surface area contributed by atoms with E-state index >= 15 is 0 Å². The van der Waals surface area contributed by atoms with E-state index in [-0.39, 0.29) is 0 Å². The first kappa shape index (κ1) is 50.8. The zero-order valence-electron chi connectivity index (χ0n) is 48.0. The minimum atomic E-state index is 0.620. The number of benzene rings is 13. The van der Waals surface area contributed by atoms with Crippen molar-refractivity contribution < 1.29 is 4.42 Å². The van der Waals surface area contributed by atoms with E-state index in [1.807, 2.05) is 66.7 Å². The Balaban J connectivity index is 0.712. The average molecular weight is 1120 g/mol. The van der Waals surface area contributed by atoms with Crippen molar-refractivity contribution in [1.29, 1.82) is 0 Å². The highest BCUT2D eigenvalue weighted by atomic mass is 16.3. The molecule has 0 amide bonds. The molecule has 0 N–H and O–H groups in total. The van der Waals surface area contributed by atoms with Crippen molar-refractivity contribution in [2.24, 2.45) is 0 Å². The minimum absolute atomic E-state index is 0.620. The van der Waals surface area contributed by atoms with E-state index in [4.69, 9.17) is 19.4 Å². The molecule has 0 atom stereocenters. The molecule has 4 aromatic heterocycles. The second-order valence-electron chi connectivity index (χ2n) is 22.8. The van der Waals surface area contributed by atoms with Crippen molar-refractivity contribution in [1.82, 2.24) is 24.1 Å². The Labute approximate surface area is 508 Å². The Morgan fingerprint density at radius 1 is 0.250 bits per heavy atom. The summed E-state index contributed by atoms with van der Waals surface area (Å²) in [5, 5.41) is 7.12. The fraction of sp³-hybridized carbons (Fsp3) is 0.0122. The van der Waals surface area contributed by atoms with Gasteiger partial charge < -0.3 is 13.6 Å². The summed E-state index contributed by atoms with van der Waals surface area (Å²) in [4.78, 5) is 15.0. The Hall–Kier alpha value is -11.7. The molecule has 13 aromatic carbocycles. The predicted octanol–water partition coefficient (Wildman–Crippen LogP) is 21.6. The minimum Gasteiger partial charge on any atom is -0.455 e. The summed E-state index contributed by atoms with van der Waals surface area (Å²) < 4.78 is 11.6. The van der Waals surface area contributed by atoms with Gasteiger partial charge in [-0.25, -0.2) is 15.0 Å². The molecule has 17 rings (SSSR count). The second kappa shape index (κ2) is 20.8. The summed E-state index contributed by atoms with van der Waals surface area (Å²) in [7, 11) is 0. The van der Waals surface area contributed by atoms with Crippen LogP contribution in [0.3, 0.4) is 0 Å². The van der Waals surface area contributed by atoms with Crippen LogP contribution in [0.25, 0.3) is 167 Å². The quantitative estimate of drug-likeness (QED) is 0.137. The van der Waals surface area contributed by atoms with Gasteiger partial charge in [0.05, 0.1) is 22.1 Å². The topological polar surface area (TPSA) is 61.7 Å². The molecule has 412 valence electrons. The van der Waals surface area contributed by atoms with Crippen LogP contribution < -0.4 is 0 Å². The second-order valence-corrected chi connectivity index (χ2v) is 22.8. The largest absolute Gasteiger partial charge is 0.455 e. The Morgan fingerprint density at radius 3 is 1.35 bits per heavy atom. The Bertz CT molecular complexity index is 5510. The first-order chi connectivity index (χ1) is 43.5. The van der Waals surface area contributed by atoms with Gasteiger partial charge in [0.25, 0.3) is 0 Å². The molecule has 0 saturated heterocycles. The van der Waals surface area contributed by atoms with Crippen molar-refractivity contribution in [3.8, 4) is 101 Å². The van der Waals surface area contributed by atoms with Gasteiger partial charge in [-0.05, 0) is 154 Å². The lowest BCUT2D eigenvalue weighted by Gasteiger charge is -2.13. The number of rotatable bonds is 10. The van der Waals surface area contributed by atoms with Gasteiger partial charge in [0, 0.05) is 65.9 Å². The summed E-state index contributed by atoms with van der Waals surface area (Å²) in [5.74, 6) is 1.89. The van der Waals surface area contributed by atoms with Crippen molar-refractivity contribution in [2.75, 3.05) is 0 Å². The number of para-hydroxylation sites is 3. The molecule has 0 radical (unpaired) electrons. The fourth-order valence-electron chi connectivity index (χ4n) is 13.1. The summed E-state index contributed by atoms with van der Waals surface area (Å²) in [6.07, 6.45) is 0. The van der Waals surface area contributed by atoms with Crippen LogP contribution in [0.5, 0.6) is 0 Å². The smallest absolute Gasteiger partial charge is 0.164 e. The first-order valence-electron chi connectivity index (χ1n) is 29.9. The molecule has 4 heterocycles. The van der Waals surface area contributed by atoms with Gasteiger partial charge in [-0.2, -0.15) is 0 Å². The monoisotopic (exact) mass is 1120 g/mol. The number of hydrogen-bond acceptors (Lipinski definition) is 4. The lowest BCUT2D eigenvalue weighted by atomic mass is 9.93. The van der Waals surface area contributed by atoms with Crippen molar-refractivity contribution in [2.45, 2.75) is 6.92 Å². The average Bonchev–Trinajstić information content (AvgIpc) is 2.05. The lowest BCUT2D eigenvalue weighted by Crippen LogP contribution is -2.00.